The van der Waals surface area contributed by atoms with Crippen LogP contribution in [-0.2, 0) is 12.8 Å². The van der Waals surface area contributed by atoms with Crippen LogP contribution in [0.2, 0.25) is 0 Å². The second-order valence-corrected chi connectivity index (χ2v) is 8.33. The molecule has 0 aliphatic carbocycles. The smallest absolute Gasteiger partial charge is 0.0419 e. The predicted molar refractivity (Wildman–Crippen MR) is 88.1 cm³/mol. The molecule has 0 amide bonds. The first-order valence-electron chi connectivity index (χ1n) is 7.06. The van der Waals surface area contributed by atoms with Crippen LogP contribution in [0.25, 0.3) is 0 Å². The van der Waals surface area contributed by atoms with Gasteiger partial charge in [-0.1, -0.05) is 26.8 Å². The van der Waals surface area contributed by atoms with Gasteiger partial charge < -0.3 is 5.73 Å². The van der Waals surface area contributed by atoms with E-state index in [-0.39, 0.29) is 6.04 Å². The number of rotatable bonds is 4. The summed E-state index contributed by atoms with van der Waals surface area (Å²) in [6, 6.07) is 4.51. The highest BCUT2D eigenvalue weighted by Gasteiger charge is 2.29. The molecule has 1 aromatic rings. The summed E-state index contributed by atoms with van der Waals surface area (Å²) < 4.78 is 0. The summed E-state index contributed by atoms with van der Waals surface area (Å²) >= 11 is 4.11. The summed E-state index contributed by atoms with van der Waals surface area (Å²) in [5.41, 5.74) is 8.80. The molecule has 1 saturated heterocycles. The Morgan fingerprint density at radius 2 is 2.16 bits per heavy atom. The van der Waals surface area contributed by atoms with Crippen molar-refractivity contribution >= 4 is 23.5 Å². The maximum atomic E-state index is 6.38. The molecule has 1 aliphatic heterocycles. The molecule has 2 N–H and O–H groups in total. The fraction of sp³-hybridized carbons (Fsp3) is 0.667. The van der Waals surface area contributed by atoms with Crippen LogP contribution in [0, 0.1) is 0 Å². The fourth-order valence-electron chi connectivity index (χ4n) is 2.19. The zero-order valence-corrected chi connectivity index (χ0v) is 13.6. The van der Waals surface area contributed by atoms with Crippen LogP contribution in [0.5, 0.6) is 0 Å². The minimum atomic E-state index is 0.215. The van der Waals surface area contributed by atoms with E-state index in [1.165, 1.54) is 11.3 Å². The van der Waals surface area contributed by atoms with E-state index in [4.69, 9.17) is 5.73 Å². The Morgan fingerprint density at radius 1 is 1.37 bits per heavy atom. The zero-order chi connectivity index (χ0) is 13.8. The Balaban J connectivity index is 1.91. The van der Waals surface area contributed by atoms with E-state index in [0.29, 0.717) is 10.5 Å². The van der Waals surface area contributed by atoms with Crippen molar-refractivity contribution in [2.45, 2.75) is 55.4 Å². The van der Waals surface area contributed by atoms with Crippen LogP contribution >= 0.6 is 23.5 Å². The third-order valence-corrected chi connectivity index (χ3v) is 7.36. The van der Waals surface area contributed by atoms with Crippen molar-refractivity contribution < 1.29 is 0 Å². The minimum Gasteiger partial charge on any atom is -0.326 e. The molecule has 106 valence electrons. The van der Waals surface area contributed by atoms with Crippen molar-refractivity contribution in [1.29, 1.82) is 0 Å². The molecule has 1 fully saturated rings. The van der Waals surface area contributed by atoms with Gasteiger partial charge in [-0.05, 0) is 18.1 Å². The lowest BCUT2D eigenvalue weighted by atomic mass is 10.1. The van der Waals surface area contributed by atoms with E-state index in [1.807, 2.05) is 6.20 Å². The second-order valence-electron chi connectivity index (χ2n) is 5.30. The van der Waals surface area contributed by atoms with Crippen molar-refractivity contribution in [3.8, 4) is 0 Å². The van der Waals surface area contributed by atoms with Crippen molar-refractivity contribution in [2.24, 2.45) is 5.73 Å². The molecule has 4 atom stereocenters. The lowest BCUT2D eigenvalue weighted by molar-refractivity contribution is 0.646. The topological polar surface area (TPSA) is 38.9 Å². The van der Waals surface area contributed by atoms with E-state index in [9.17, 15) is 0 Å². The Hall–Kier alpha value is -0.190. The Kier molecular flexibility index (Phi) is 5.60. The molecule has 1 aliphatic rings. The van der Waals surface area contributed by atoms with Gasteiger partial charge in [0.15, 0.2) is 0 Å². The van der Waals surface area contributed by atoms with Gasteiger partial charge in [0.1, 0.15) is 0 Å². The molecule has 19 heavy (non-hydrogen) atoms. The van der Waals surface area contributed by atoms with E-state index < -0.39 is 0 Å². The Bertz CT molecular complexity index is 394. The molecule has 2 nitrogen and oxygen atoms in total. The largest absolute Gasteiger partial charge is 0.326 e. The summed E-state index contributed by atoms with van der Waals surface area (Å²) in [6.07, 6.45) is 3.92. The molecule has 4 unspecified atom stereocenters. The van der Waals surface area contributed by atoms with Gasteiger partial charge >= 0.3 is 0 Å². The maximum Gasteiger partial charge on any atom is 0.0419 e. The summed E-state index contributed by atoms with van der Waals surface area (Å²) in [7, 11) is 0. The third-order valence-electron chi connectivity index (χ3n) is 3.79. The number of nitrogens with zero attached hydrogens (tertiary/aromatic N) is 1. The minimum absolute atomic E-state index is 0.215. The van der Waals surface area contributed by atoms with Gasteiger partial charge in [-0.3, -0.25) is 4.98 Å². The van der Waals surface area contributed by atoms with Gasteiger partial charge in [0.25, 0.3) is 0 Å². The molecule has 1 aromatic heterocycles. The summed E-state index contributed by atoms with van der Waals surface area (Å²) in [5.74, 6) is 1.17. The van der Waals surface area contributed by atoms with Crippen molar-refractivity contribution in [1.82, 2.24) is 4.98 Å². The molecule has 0 saturated carbocycles. The van der Waals surface area contributed by atoms with E-state index >= 15 is 0 Å². The second kappa shape index (κ2) is 7.00. The number of aryl methyl sites for hydroxylation is 1. The van der Waals surface area contributed by atoms with Gasteiger partial charge in [-0.25, -0.2) is 0 Å². The van der Waals surface area contributed by atoms with Gasteiger partial charge in [-0.15, -0.1) is 0 Å². The number of nitrogens with two attached hydrogens (primary N) is 1. The summed E-state index contributed by atoms with van der Waals surface area (Å²) in [5, 5.41) is 2.00. The van der Waals surface area contributed by atoms with Gasteiger partial charge in [-0.2, -0.15) is 23.5 Å². The van der Waals surface area contributed by atoms with Crippen LogP contribution in [-0.4, -0.2) is 32.5 Å². The maximum absolute atomic E-state index is 6.38. The molecule has 2 rings (SSSR count). The highest BCUT2D eigenvalue weighted by atomic mass is 32.2. The third kappa shape index (κ3) is 4.14. The molecule has 0 spiro atoms. The molecule has 2 heterocycles. The number of pyridine rings is 1. The summed E-state index contributed by atoms with van der Waals surface area (Å²) in [4.78, 5) is 4.52. The SMILES string of the molecule is CCc1ccc(CC(N)C2CSC(C)C(C)S2)nc1. The first-order chi connectivity index (χ1) is 9.10. The average molecular weight is 297 g/mol. The summed E-state index contributed by atoms with van der Waals surface area (Å²) in [6.45, 7) is 6.78. The van der Waals surface area contributed by atoms with Gasteiger partial charge in [0.2, 0.25) is 0 Å². The molecular formula is C15H24N2S2. The lowest BCUT2D eigenvalue weighted by Gasteiger charge is -2.34. The first kappa shape index (κ1) is 15.2. The average Bonchev–Trinajstić information content (AvgIpc) is 2.42. The normalized spacial score (nSPS) is 29.2. The van der Waals surface area contributed by atoms with Gasteiger partial charge in [0.05, 0.1) is 0 Å². The van der Waals surface area contributed by atoms with Crippen molar-refractivity contribution in [2.75, 3.05) is 5.75 Å². The van der Waals surface area contributed by atoms with Crippen LogP contribution in [0.4, 0.5) is 0 Å². The van der Waals surface area contributed by atoms with Crippen LogP contribution in [0.15, 0.2) is 18.3 Å². The Labute approximate surface area is 125 Å². The zero-order valence-electron chi connectivity index (χ0n) is 12.0. The highest BCUT2D eigenvalue weighted by Crippen LogP contribution is 2.37. The standard InChI is InChI=1S/C15H24N2S2/c1-4-12-5-6-13(17-8-12)7-14(16)15-9-18-10(2)11(3)19-15/h5-6,8,10-11,14-15H,4,7,9,16H2,1-3H3. The molecule has 0 radical (unpaired) electrons. The van der Waals surface area contributed by atoms with Gasteiger partial charge in [0, 0.05) is 45.9 Å². The number of aromatic nitrogens is 1. The highest BCUT2D eigenvalue weighted by molar-refractivity contribution is 8.07. The quantitative estimate of drug-likeness (QED) is 0.926. The Morgan fingerprint density at radius 3 is 2.74 bits per heavy atom. The molecule has 0 aromatic carbocycles. The number of hydrogen-bond donors (Lipinski definition) is 1. The van der Waals surface area contributed by atoms with Crippen LogP contribution in [0.3, 0.4) is 0 Å². The van der Waals surface area contributed by atoms with E-state index in [1.54, 1.807) is 0 Å². The van der Waals surface area contributed by atoms with Crippen LogP contribution in [0.1, 0.15) is 32.0 Å². The molecule has 0 bridgehead atoms. The van der Waals surface area contributed by atoms with Crippen molar-refractivity contribution in [3.05, 3.63) is 29.6 Å². The number of thioether (sulfide) groups is 2. The molecule has 4 heteroatoms. The first-order valence-corrected chi connectivity index (χ1v) is 9.05. The predicted octanol–water partition coefficient (Wildman–Crippen LogP) is 3.14. The van der Waals surface area contributed by atoms with Crippen LogP contribution < -0.4 is 5.73 Å². The monoisotopic (exact) mass is 296 g/mol. The lowest BCUT2D eigenvalue weighted by Crippen LogP contribution is -2.41. The molecular weight excluding hydrogens is 272 g/mol. The van der Waals surface area contributed by atoms with E-state index in [0.717, 1.165) is 23.8 Å². The number of hydrogen-bond acceptors (Lipinski definition) is 4. The van der Waals surface area contributed by atoms with Crippen molar-refractivity contribution in [3.63, 3.8) is 0 Å². The van der Waals surface area contributed by atoms with E-state index in [2.05, 4.69) is 61.4 Å². The fourth-order valence-corrected chi connectivity index (χ4v) is 5.25.